The maximum Gasteiger partial charge on any atom is 0.263 e. The van der Waals surface area contributed by atoms with E-state index < -0.39 is 10.0 Å². The molecule has 0 aliphatic rings. The molecule has 0 fully saturated rings. The molecule has 1 N–H and O–H groups in total. The van der Waals surface area contributed by atoms with Crippen LogP contribution in [0.5, 0.6) is 0 Å². The molecule has 0 saturated carbocycles. The summed E-state index contributed by atoms with van der Waals surface area (Å²) in [6, 6.07) is 6.28. The molecule has 1 aromatic heterocycles. The number of aromatic nitrogens is 2. The van der Waals surface area contributed by atoms with Gasteiger partial charge in [0.2, 0.25) is 0 Å². The van der Waals surface area contributed by atoms with E-state index in [9.17, 15) is 8.42 Å². The summed E-state index contributed by atoms with van der Waals surface area (Å²) in [5.41, 5.74) is 1.04. The van der Waals surface area contributed by atoms with E-state index in [1.165, 1.54) is 36.8 Å². The van der Waals surface area contributed by atoms with Gasteiger partial charge >= 0.3 is 0 Å². The van der Waals surface area contributed by atoms with Crippen molar-refractivity contribution in [3.8, 4) is 6.07 Å². The number of aryl methyl sites for hydroxylation is 1. The monoisotopic (exact) mass is 274 g/mol. The highest BCUT2D eigenvalue weighted by molar-refractivity contribution is 7.92. The van der Waals surface area contributed by atoms with Gasteiger partial charge in [0.15, 0.2) is 5.82 Å². The van der Waals surface area contributed by atoms with Crippen molar-refractivity contribution in [1.82, 2.24) is 9.97 Å². The maximum atomic E-state index is 12.1. The molecule has 0 atom stereocenters. The van der Waals surface area contributed by atoms with Crippen LogP contribution < -0.4 is 4.72 Å². The van der Waals surface area contributed by atoms with Gasteiger partial charge in [-0.1, -0.05) is 0 Å². The zero-order chi connectivity index (χ0) is 13.9. The molecule has 0 aliphatic heterocycles. The average molecular weight is 274 g/mol. The minimum atomic E-state index is -3.72. The van der Waals surface area contributed by atoms with Crippen LogP contribution in [-0.4, -0.2) is 18.4 Å². The van der Waals surface area contributed by atoms with Gasteiger partial charge < -0.3 is 0 Å². The third-order valence-corrected chi connectivity index (χ3v) is 3.78. The van der Waals surface area contributed by atoms with E-state index in [0.717, 1.165) is 0 Å². The zero-order valence-electron chi connectivity index (χ0n) is 10.0. The molecule has 2 aromatic rings. The first kappa shape index (κ1) is 13.0. The molecule has 96 valence electrons. The van der Waals surface area contributed by atoms with E-state index in [2.05, 4.69) is 14.7 Å². The summed E-state index contributed by atoms with van der Waals surface area (Å²) >= 11 is 0. The van der Waals surface area contributed by atoms with E-state index in [4.69, 9.17) is 5.26 Å². The summed E-state index contributed by atoms with van der Waals surface area (Å²) in [5.74, 6) is 0.143. The summed E-state index contributed by atoms with van der Waals surface area (Å²) < 4.78 is 26.5. The first-order valence-corrected chi connectivity index (χ1v) is 6.81. The Hall–Kier alpha value is -2.46. The molecule has 19 heavy (non-hydrogen) atoms. The van der Waals surface area contributed by atoms with Crippen molar-refractivity contribution < 1.29 is 8.42 Å². The number of nitriles is 1. The second kappa shape index (κ2) is 5.04. The van der Waals surface area contributed by atoms with Crippen LogP contribution in [0.3, 0.4) is 0 Å². The van der Waals surface area contributed by atoms with Crippen LogP contribution in [0.4, 0.5) is 5.82 Å². The maximum absolute atomic E-state index is 12.1. The molecule has 2 rings (SSSR count). The van der Waals surface area contributed by atoms with Gasteiger partial charge in [-0.3, -0.25) is 9.71 Å². The average Bonchev–Trinajstić information content (AvgIpc) is 2.39. The predicted molar refractivity (Wildman–Crippen MR) is 68.7 cm³/mol. The zero-order valence-corrected chi connectivity index (χ0v) is 10.8. The molecule has 0 saturated heterocycles. The Morgan fingerprint density at radius 3 is 2.68 bits per heavy atom. The molecular formula is C12H10N4O2S. The lowest BCUT2D eigenvalue weighted by molar-refractivity contribution is 0.601. The Balaban J connectivity index is 2.36. The minimum absolute atomic E-state index is 0.0784. The summed E-state index contributed by atoms with van der Waals surface area (Å²) in [5, 5.41) is 8.81. The molecule has 6 nitrogen and oxygen atoms in total. The van der Waals surface area contributed by atoms with Crippen LogP contribution in [0.15, 0.2) is 41.7 Å². The van der Waals surface area contributed by atoms with Gasteiger partial charge in [-0.05, 0) is 30.7 Å². The van der Waals surface area contributed by atoms with Crippen LogP contribution >= 0.6 is 0 Å². The molecule has 0 radical (unpaired) electrons. The molecule has 0 unspecified atom stereocenters. The van der Waals surface area contributed by atoms with Gasteiger partial charge in [0.25, 0.3) is 10.0 Å². The van der Waals surface area contributed by atoms with Crippen molar-refractivity contribution in [1.29, 1.82) is 5.26 Å². The third-order valence-electron chi connectivity index (χ3n) is 2.43. The number of rotatable bonds is 3. The second-order valence-electron chi connectivity index (χ2n) is 3.78. The standard InChI is InChI=1S/C12H10N4O2S/c1-9-6-11(3-2-10(9)7-13)19(17,18)16-12-8-14-4-5-15-12/h2-6,8H,1H3,(H,15,16). The summed E-state index contributed by atoms with van der Waals surface area (Å²) in [6.45, 7) is 1.68. The number of nitrogens with zero attached hydrogens (tertiary/aromatic N) is 3. The molecule has 0 spiro atoms. The van der Waals surface area contributed by atoms with Crippen molar-refractivity contribution >= 4 is 15.8 Å². The fraction of sp³-hybridized carbons (Fsp3) is 0.0833. The van der Waals surface area contributed by atoms with E-state index >= 15 is 0 Å². The van der Waals surface area contributed by atoms with Crippen LogP contribution in [-0.2, 0) is 10.0 Å². The van der Waals surface area contributed by atoms with Gasteiger partial charge in [0.1, 0.15) is 0 Å². The quantitative estimate of drug-likeness (QED) is 0.914. The van der Waals surface area contributed by atoms with Crippen molar-refractivity contribution in [2.24, 2.45) is 0 Å². The Labute approximate surface area is 110 Å². The number of benzene rings is 1. The molecule has 1 aromatic carbocycles. The van der Waals surface area contributed by atoms with Gasteiger partial charge in [-0.25, -0.2) is 13.4 Å². The normalized spacial score (nSPS) is 10.7. The molecule has 1 heterocycles. The SMILES string of the molecule is Cc1cc(S(=O)(=O)Nc2cnccn2)ccc1C#N. The largest absolute Gasteiger partial charge is 0.263 e. The predicted octanol–water partition coefficient (Wildman–Crippen LogP) is 1.46. The Morgan fingerprint density at radius 2 is 2.11 bits per heavy atom. The number of nitrogens with one attached hydrogen (secondary N) is 1. The van der Waals surface area contributed by atoms with Gasteiger partial charge in [-0.2, -0.15) is 5.26 Å². The number of hydrogen-bond acceptors (Lipinski definition) is 5. The van der Waals surface area contributed by atoms with Gasteiger partial charge in [-0.15, -0.1) is 0 Å². The van der Waals surface area contributed by atoms with Crippen LogP contribution in [0.25, 0.3) is 0 Å². The molecule has 0 amide bonds. The topological polar surface area (TPSA) is 95.7 Å². The van der Waals surface area contributed by atoms with E-state index in [0.29, 0.717) is 11.1 Å². The fourth-order valence-corrected chi connectivity index (χ4v) is 2.55. The second-order valence-corrected chi connectivity index (χ2v) is 5.47. The highest BCUT2D eigenvalue weighted by Crippen LogP contribution is 2.17. The first-order valence-electron chi connectivity index (χ1n) is 5.32. The highest BCUT2D eigenvalue weighted by atomic mass is 32.2. The molecule has 7 heteroatoms. The molecule has 0 aliphatic carbocycles. The Bertz CT molecular complexity index is 736. The molecular weight excluding hydrogens is 264 g/mol. The fourth-order valence-electron chi connectivity index (χ4n) is 1.48. The van der Waals surface area contributed by atoms with Crippen LogP contribution in [0.1, 0.15) is 11.1 Å². The highest BCUT2D eigenvalue weighted by Gasteiger charge is 2.15. The minimum Gasteiger partial charge on any atom is -0.262 e. The smallest absolute Gasteiger partial charge is 0.262 e. The number of anilines is 1. The van der Waals surface area contributed by atoms with E-state index in [-0.39, 0.29) is 10.7 Å². The lowest BCUT2D eigenvalue weighted by Crippen LogP contribution is -2.14. The Morgan fingerprint density at radius 1 is 1.32 bits per heavy atom. The van der Waals surface area contributed by atoms with Crippen molar-refractivity contribution in [2.45, 2.75) is 11.8 Å². The summed E-state index contributed by atoms with van der Waals surface area (Å²) in [7, 11) is -3.72. The van der Waals surface area contributed by atoms with E-state index in [1.807, 2.05) is 6.07 Å². The van der Waals surface area contributed by atoms with E-state index in [1.54, 1.807) is 6.92 Å². The number of sulfonamides is 1. The lowest BCUT2D eigenvalue weighted by atomic mass is 10.1. The van der Waals surface area contributed by atoms with Crippen molar-refractivity contribution in [3.63, 3.8) is 0 Å². The van der Waals surface area contributed by atoms with Crippen molar-refractivity contribution in [2.75, 3.05) is 4.72 Å². The summed E-state index contributed by atoms with van der Waals surface area (Å²) in [4.78, 5) is 7.69. The van der Waals surface area contributed by atoms with Gasteiger partial charge in [0.05, 0.1) is 22.7 Å². The first-order chi connectivity index (χ1) is 9.03. The van der Waals surface area contributed by atoms with Crippen LogP contribution in [0, 0.1) is 18.3 Å². The number of hydrogen-bond donors (Lipinski definition) is 1. The van der Waals surface area contributed by atoms with Gasteiger partial charge in [0, 0.05) is 12.4 Å². The molecule has 0 bridgehead atoms. The lowest BCUT2D eigenvalue weighted by Gasteiger charge is -2.07. The third kappa shape index (κ3) is 2.86. The van der Waals surface area contributed by atoms with Crippen molar-refractivity contribution in [3.05, 3.63) is 47.9 Å². The Kier molecular flexibility index (Phi) is 3.44. The van der Waals surface area contributed by atoms with Crippen LogP contribution in [0.2, 0.25) is 0 Å². The summed E-state index contributed by atoms with van der Waals surface area (Å²) in [6.07, 6.45) is 4.15.